The summed E-state index contributed by atoms with van der Waals surface area (Å²) < 4.78 is 34.8. The Morgan fingerprint density at radius 3 is 2.80 bits per heavy atom. The van der Waals surface area contributed by atoms with E-state index in [4.69, 9.17) is 0 Å². The summed E-state index contributed by atoms with van der Waals surface area (Å²) in [6.45, 7) is 0. The Morgan fingerprint density at radius 1 is 1.60 bits per heavy atom. The molecular weight excluding hydrogens is 221 g/mol. The number of hydrogen-bond acceptors (Lipinski definition) is 4. The fraction of sp³-hybridized carbons (Fsp3) is 0.444. The van der Waals surface area contributed by atoms with Gasteiger partial charge >= 0.3 is 0 Å². The molecule has 1 heterocycles. The van der Waals surface area contributed by atoms with Gasteiger partial charge in [0.2, 0.25) is 0 Å². The van der Waals surface area contributed by atoms with Crippen LogP contribution in [0.2, 0.25) is 0 Å². The molecule has 1 unspecified atom stereocenters. The minimum absolute atomic E-state index is 0.0141. The fourth-order valence-electron chi connectivity index (χ4n) is 1.14. The SMILES string of the molecule is CS(=O)(=O)CCC(O)c1ccncc1F. The summed E-state index contributed by atoms with van der Waals surface area (Å²) in [4.78, 5) is 3.53. The summed E-state index contributed by atoms with van der Waals surface area (Å²) >= 11 is 0. The molecule has 6 heteroatoms. The van der Waals surface area contributed by atoms with Crippen molar-refractivity contribution in [3.8, 4) is 0 Å². The molecule has 0 aromatic carbocycles. The van der Waals surface area contributed by atoms with Crippen molar-refractivity contribution >= 4 is 9.84 Å². The number of hydrogen-bond donors (Lipinski definition) is 1. The number of sulfone groups is 1. The van der Waals surface area contributed by atoms with Gasteiger partial charge in [0.25, 0.3) is 0 Å². The zero-order valence-corrected chi connectivity index (χ0v) is 9.04. The minimum Gasteiger partial charge on any atom is -0.388 e. The molecule has 1 N–H and O–H groups in total. The molecule has 0 saturated carbocycles. The summed E-state index contributed by atoms with van der Waals surface area (Å²) in [6, 6.07) is 1.34. The molecule has 0 fully saturated rings. The van der Waals surface area contributed by atoms with Crippen LogP contribution in [-0.4, -0.2) is 30.5 Å². The molecule has 1 rings (SSSR count). The van der Waals surface area contributed by atoms with Gasteiger partial charge in [0.05, 0.1) is 18.1 Å². The van der Waals surface area contributed by atoms with Gasteiger partial charge in [-0.25, -0.2) is 12.8 Å². The van der Waals surface area contributed by atoms with Crippen LogP contribution in [0.1, 0.15) is 18.1 Å². The molecule has 0 aliphatic rings. The van der Waals surface area contributed by atoms with E-state index in [2.05, 4.69) is 4.98 Å². The van der Waals surface area contributed by atoms with E-state index in [0.29, 0.717) is 0 Å². The second kappa shape index (κ2) is 4.67. The van der Waals surface area contributed by atoms with Gasteiger partial charge in [-0.05, 0) is 12.5 Å². The Balaban J connectivity index is 2.70. The first-order chi connectivity index (χ1) is 6.90. The molecule has 0 aliphatic heterocycles. The zero-order chi connectivity index (χ0) is 11.5. The van der Waals surface area contributed by atoms with Gasteiger partial charge in [-0.2, -0.15) is 0 Å². The number of halogens is 1. The Labute approximate surface area is 87.7 Å². The summed E-state index contributed by atoms with van der Waals surface area (Å²) in [7, 11) is -3.14. The molecule has 1 aromatic rings. The van der Waals surface area contributed by atoms with E-state index in [1.54, 1.807) is 0 Å². The van der Waals surface area contributed by atoms with Crippen LogP contribution < -0.4 is 0 Å². The molecule has 0 radical (unpaired) electrons. The highest BCUT2D eigenvalue weighted by Gasteiger charge is 2.14. The van der Waals surface area contributed by atoms with Gasteiger partial charge in [-0.3, -0.25) is 4.98 Å². The monoisotopic (exact) mass is 233 g/mol. The predicted octanol–water partition coefficient (Wildman–Crippen LogP) is 0.689. The lowest BCUT2D eigenvalue weighted by molar-refractivity contribution is 0.169. The van der Waals surface area contributed by atoms with E-state index in [1.165, 1.54) is 12.3 Å². The summed E-state index contributed by atoms with van der Waals surface area (Å²) in [6.07, 6.45) is 2.28. The first-order valence-electron chi connectivity index (χ1n) is 4.35. The molecule has 15 heavy (non-hydrogen) atoms. The largest absolute Gasteiger partial charge is 0.388 e. The molecule has 84 valence electrons. The van der Waals surface area contributed by atoms with Gasteiger partial charge in [0.1, 0.15) is 15.7 Å². The molecular formula is C9H12FNO3S. The Bertz CT molecular complexity index is 433. The van der Waals surface area contributed by atoms with E-state index < -0.39 is 21.8 Å². The normalized spacial score (nSPS) is 13.8. The summed E-state index contributed by atoms with van der Waals surface area (Å²) in [5, 5.41) is 9.53. The molecule has 0 aliphatic carbocycles. The van der Waals surface area contributed by atoms with E-state index in [1.807, 2.05) is 0 Å². The number of nitrogens with zero attached hydrogens (tertiary/aromatic N) is 1. The molecule has 0 amide bonds. The first kappa shape index (κ1) is 12.1. The van der Waals surface area contributed by atoms with Crippen LogP contribution in [0.15, 0.2) is 18.5 Å². The Kier molecular flexibility index (Phi) is 3.76. The lowest BCUT2D eigenvalue weighted by Gasteiger charge is -2.10. The van der Waals surface area contributed by atoms with Crippen LogP contribution in [0.25, 0.3) is 0 Å². The van der Waals surface area contributed by atoms with Crippen molar-refractivity contribution in [3.05, 3.63) is 29.8 Å². The van der Waals surface area contributed by atoms with Crippen LogP contribution in [0.5, 0.6) is 0 Å². The van der Waals surface area contributed by atoms with Gasteiger partial charge in [-0.15, -0.1) is 0 Å². The second-order valence-corrected chi connectivity index (χ2v) is 5.59. The average Bonchev–Trinajstić information content (AvgIpc) is 2.14. The molecule has 1 aromatic heterocycles. The van der Waals surface area contributed by atoms with Crippen molar-refractivity contribution < 1.29 is 17.9 Å². The van der Waals surface area contributed by atoms with Crippen molar-refractivity contribution in [2.45, 2.75) is 12.5 Å². The van der Waals surface area contributed by atoms with Crippen molar-refractivity contribution in [1.82, 2.24) is 4.98 Å². The highest BCUT2D eigenvalue weighted by Crippen LogP contribution is 2.19. The zero-order valence-electron chi connectivity index (χ0n) is 8.22. The van der Waals surface area contributed by atoms with Crippen molar-refractivity contribution in [2.75, 3.05) is 12.0 Å². The van der Waals surface area contributed by atoms with Crippen LogP contribution in [0, 0.1) is 5.82 Å². The third-order valence-electron chi connectivity index (χ3n) is 1.92. The first-order valence-corrected chi connectivity index (χ1v) is 6.41. The molecule has 0 bridgehead atoms. The van der Waals surface area contributed by atoms with Crippen molar-refractivity contribution in [2.24, 2.45) is 0 Å². The molecule has 4 nitrogen and oxygen atoms in total. The molecule has 0 spiro atoms. The fourth-order valence-corrected chi connectivity index (χ4v) is 1.79. The smallest absolute Gasteiger partial charge is 0.147 e. The molecule has 1 atom stereocenters. The number of aliphatic hydroxyl groups excluding tert-OH is 1. The van der Waals surface area contributed by atoms with E-state index in [0.717, 1.165) is 12.5 Å². The lowest BCUT2D eigenvalue weighted by Crippen LogP contribution is -2.09. The second-order valence-electron chi connectivity index (χ2n) is 3.33. The third-order valence-corrected chi connectivity index (χ3v) is 2.90. The third kappa shape index (κ3) is 3.93. The predicted molar refractivity (Wildman–Crippen MR) is 53.5 cm³/mol. The summed E-state index contributed by atoms with van der Waals surface area (Å²) in [5.74, 6) is -0.797. The van der Waals surface area contributed by atoms with Gasteiger partial charge in [0, 0.05) is 18.0 Å². The maximum absolute atomic E-state index is 13.1. The topological polar surface area (TPSA) is 67.3 Å². The maximum Gasteiger partial charge on any atom is 0.147 e. The number of aliphatic hydroxyl groups is 1. The highest BCUT2D eigenvalue weighted by molar-refractivity contribution is 7.90. The highest BCUT2D eigenvalue weighted by atomic mass is 32.2. The van der Waals surface area contributed by atoms with Crippen LogP contribution in [-0.2, 0) is 9.84 Å². The van der Waals surface area contributed by atoms with E-state index in [9.17, 15) is 17.9 Å². The van der Waals surface area contributed by atoms with Crippen molar-refractivity contribution in [1.29, 1.82) is 0 Å². The quantitative estimate of drug-likeness (QED) is 0.830. The average molecular weight is 233 g/mol. The van der Waals surface area contributed by atoms with E-state index in [-0.39, 0.29) is 17.7 Å². The Hall–Kier alpha value is -1.01. The summed E-state index contributed by atoms with van der Waals surface area (Å²) in [5.41, 5.74) is 0.0775. The minimum atomic E-state index is -3.14. The standard InChI is InChI=1S/C9H12FNO3S/c1-15(13,14)5-3-9(12)7-2-4-11-6-8(7)10/h2,4,6,9,12H,3,5H2,1H3. The van der Waals surface area contributed by atoms with Crippen molar-refractivity contribution in [3.63, 3.8) is 0 Å². The number of rotatable bonds is 4. The van der Waals surface area contributed by atoms with Gasteiger partial charge < -0.3 is 5.11 Å². The number of pyridine rings is 1. The Morgan fingerprint density at radius 2 is 2.27 bits per heavy atom. The maximum atomic E-state index is 13.1. The number of aromatic nitrogens is 1. The van der Waals surface area contributed by atoms with Crippen LogP contribution in [0.3, 0.4) is 0 Å². The van der Waals surface area contributed by atoms with Crippen LogP contribution in [0.4, 0.5) is 4.39 Å². The molecule has 0 saturated heterocycles. The van der Waals surface area contributed by atoms with Crippen LogP contribution >= 0.6 is 0 Å². The van der Waals surface area contributed by atoms with Gasteiger partial charge in [0.15, 0.2) is 0 Å². The lowest BCUT2D eigenvalue weighted by atomic mass is 10.1. The van der Waals surface area contributed by atoms with E-state index >= 15 is 0 Å². The van der Waals surface area contributed by atoms with Gasteiger partial charge in [-0.1, -0.05) is 0 Å².